The Hall–Kier alpha value is -2.43. The molecule has 0 saturated heterocycles. The Morgan fingerprint density at radius 2 is 2.00 bits per heavy atom. The normalized spacial score (nSPS) is 10.3. The number of hydrogen-bond acceptors (Lipinski definition) is 4. The summed E-state index contributed by atoms with van der Waals surface area (Å²) in [5.41, 5.74) is 1.90. The number of rotatable bonds is 4. The zero-order valence-electron chi connectivity index (χ0n) is 11.7. The highest BCUT2D eigenvalue weighted by Gasteiger charge is 2.13. The molecule has 104 valence electrons. The van der Waals surface area contributed by atoms with Gasteiger partial charge in [-0.25, -0.2) is 9.78 Å². The van der Waals surface area contributed by atoms with Crippen molar-refractivity contribution in [1.29, 1.82) is 0 Å². The third kappa shape index (κ3) is 3.12. The summed E-state index contributed by atoms with van der Waals surface area (Å²) in [7, 11) is 0. The lowest BCUT2D eigenvalue weighted by Crippen LogP contribution is -2.02. The van der Waals surface area contributed by atoms with Gasteiger partial charge in [0.15, 0.2) is 0 Å². The first-order valence-corrected chi connectivity index (χ1v) is 6.36. The molecule has 1 heterocycles. The van der Waals surface area contributed by atoms with E-state index in [0.717, 1.165) is 17.7 Å². The van der Waals surface area contributed by atoms with Crippen molar-refractivity contribution in [3.63, 3.8) is 0 Å². The van der Waals surface area contributed by atoms with E-state index in [-0.39, 0.29) is 11.3 Å². The quantitative estimate of drug-likeness (QED) is 0.925. The summed E-state index contributed by atoms with van der Waals surface area (Å²) in [4.78, 5) is 19.6. The number of aromatic carboxylic acids is 1. The molecule has 0 bridgehead atoms. The van der Waals surface area contributed by atoms with E-state index < -0.39 is 5.97 Å². The first kappa shape index (κ1) is 14.0. The van der Waals surface area contributed by atoms with Gasteiger partial charge in [-0.1, -0.05) is 13.0 Å². The average molecular weight is 272 g/mol. The molecule has 1 aromatic heterocycles. The highest BCUT2D eigenvalue weighted by atomic mass is 16.5. The lowest BCUT2D eigenvalue weighted by Gasteiger charge is -2.10. The van der Waals surface area contributed by atoms with Gasteiger partial charge < -0.3 is 9.84 Å². The van der Waals surface area contributed by atoms with Crippen molar-refractivity contribution in [2.24, 2.45) is 0 Å². The van der Waals surface area contributed by atoms with Crippen molar-refractivity contribution in [3.8, 4) is 11.6 Å². The van der Waals surface area contributed by atoms with Crippen LogP contribution in [0.2, 0.25) is 0 Å². The largest absolute Gasteiger partial charge is 0.478 e. The van der Waals surface area contributed by atoms with Crippen LogP contribution in [0.1, 0.15) is 34.4 Å². The zero-order chi connectivity index (χ0) is 14.7. The molecule has 0 atom stereocenters. The van der Waals surface area contributed by atoms with E-state index in [9.17, 15) is 9.90 Å². The predicted octanol–water partition coefficient (Wildman–Crippen LogP) is 3.15. The standard InChI is InChI=1S/C15H16N2O3/c1-4-11-8-14(17-10(3)16-11)20-13-7-9(2)5-6-12(13)15(18)19/h5-8H,4H2,1-3H3,(H,18,19). The second-order valence-corrected chi connectivity index (χ2v) is 4.51. The summed E-state index contributed by atoms with van der Waals surface area (Å²) < 4.78 is 5.64. The number of carboxylic acids is 1. The van der Waals surface area contributed by atoms with Crippen LogP contribution in [0.15, 0.2) is 24.3 Å². The summed E-state index contributed by atoms with van der Waals surface area (Å²) in [6.45, 7) is 5.64. The molecule has 1 N–H and O–H groups in total. The van der Waals surface area contributed by atoms with Crippen LogP contribution < -0.4 is 4.74 Å². The molecular formula is C15H16N2O3. The van der Waals surface area contributed by atoms with Gasteiger partial charge in [0.05, 0.1) is 0 Å². The number of carbonyl (C=O) groups is 1. The minimum Gasteiger partial charge on any atom is -0.478 e. The van der Waals surface area contributed by atoms with Gasteiger partial charge in [0.1, 0.15) is 17.1 Å². The number of nitrogens with zero attached hydrogens (tertiary/aromatic N) is 2. The first-order valence-electron chi connectivity index (χ1n) is 6.36. The van der Waals surface area contributed by atoms with Crippen molar-refractivity contribution in [1.82, 2.24) is 9.97 Å². The van der Waals surface area contributed by atoms with Gasteiger partial charge >= 0.3 is 5.97 Å². The minimum absolute atomic E-state index is 0.116. The van der Waals surface area contributed by atoms with E-state index in [1.54, 1.807) is 25.1 Å². The summed E-state index contributed by atoms with van der Waals surface area (Å²) in [6, 6.07) is 6.67. The van der Waals surface area contributed by atoms with Crippen LogP contribution >= 0.6 is 0 Å². The fourth-order valence-electron chi connectivity index (χ4n) is 1.84. The maximum absolute atomic E-state index is 11.2. The third-order valence-corrected chi connectivity index (χ3v) is 2.81. The molecule has 0 fully saturated rings. The van der Waals surface area contributed by atoms with Crippen LogP contribution in [0.3, 0.4) is 0 Å². The molecule has 0 aliphatic carbocycles. The number of carboxylic acid groups (broad SMARTS) is 1. The Kier molecular flexibility index (Phi) is 3.98. The Morgan fingerprint density at radius 1 is 1.25 bits per heavy atom. The van der Waals surface area contributed by atoms with Gasteiger partial charge in [0.25, 0.3) is 0 Å². The summed E-state index contributed by atoms with van der Waals surface area (Å²) in [5, 5.41) is 9.18. The van der Waals surface area contributed by atoms with E-state index in [0.29, 0.717) is 11.7 Å². The van der Waals surface area contributed by atoms with Gasteiger partial charge in [-0.15, -0.1) is 0 Å². The smallest absolute Gasteiger partial charge is 0.339 e. The molecule has 0 saturated carbocycles. The predicted molar refractivity (Wildman–Crippen MR) is 74.4 cm³/mol. The Balaban J connectivity index is 2.41. The van der Waals surface area contributed by atoms with Gasteiger partial charge in [0.2, 0.25) is 5.88 Å². The molecular weight excluding hydrogens is 256 g/mol. The topological polar surface area (TPSA) is 72.3 Å². The van der Waals surface area contributed by atoms with E-state index in [1.807, 2.05) is 13.8 Å². The van der Waals surface area contributed by atoms with E-state index >= 15 is 0 Å². The second kappa shape index (κ2) is 5.69. The highest BCUT2D eigenvalue weighted by molar-refractivity contribution is 5.91. The summed E-state index contributed by atoms with van der Waals surface area (Å²) >= 11 is 0. The monoisotopic (exact) mass is 272 g/mol. The average Bonchev–Trinajstić information content (AvgIpc) is 2.37. The van der Waals surface area contributed by atoms with Crippen molar-refractivity contribution in [3.05, 3.63) is 46.9 Å². The Bertz CT molecular complexity index is 654. The summed E-state index contributed by atoms with van der Waals surface area (Å²) in [5.74, 6) is 0.227. The fourth-order valence-corrected chi connectivity index (χ4v) is 1.84. The van der Waals surface area contributed by atoms with E-state index in [4.69, 9.17) is 4.74 Å². The summed E-state index contributed by atoms with van der Waals surface area (Å²) in [6.07, 6.45) is 0.763. The molecule has 2 aromatic rings. The molecule has 1 aromatic carbocycles. The van der Waals surface area contributed by atoms with Crippen molar-refractivity contribution in [2.45, 2.75) is 27.2 Å². The molecule has 5 nitrogen and oxygen atoms in total. The minimum atomic E-state index is -1.03. The zero-order valence-corrected chi connectivity index (χ0v) is 11.7. The number of aryl methyl sites for hydroxylation is 3. The van der Waals surface area contributed by atoms with Crippen LogP contribution in [0.5, 0.6) is 11.6 Å². The molecule has 2 rings (SSSR count). The second-order valence-electron chi connectivity index (χ2n) is 4.51. The lowest BCUT2D eigenvalue weighted by atomic mass is 10.1. The maximum atomic E-state index is 11.2. The number of hydrogen-bond donors (Lipinski definition) is 1. The van der Waals surface area contributed by atoms with Gasteiger partial charge in [0, 0.05) is 11.8 Å². The van der Waals surface area contributed by atoms with Crippen LogP contribution in [0, 0.1) is 13.8 Å². The maximum Gasteiger partial charge on any atom is 0.339 e. The molecule has 0 aliphatic rings. The van der Waals surface area contributed by atoms with E-state index in [2.05, 4.69) is 9.97 Å². The first-order chi connectivity index (χ1) is 9.49. The van der Waals surface area contributed by atoms with Crippen LogP contribution in [-0.2, 0) is 6.42 Å². The SMILES string of the molecule is CCc1cc(Oc2cc(C)ccc2C(=O)O)nc(C)n1. The highest BCUT2D eigenvalue weighted by Crippen LogP contribution is 2.26. The van der Waals surface area contributed by atoms with Crippen LogP contribution in [-0.4, -0.2) is 21.0 Å². The Labute approximate surface area is 117 Å². The number of benzene rings is 1. The molecule has 0 spiro atoms. The van der Waals surface area contributed by atoms with Crippen molar-refractivity contribution in [2.75, 3.05) is 0 Å². The molecule has 0 aliphatic heterocycles. The molecule has 20 heavy (non-hydrogen) atoms. The molecule has 0 unspecified atom stereocenters. The van der Waals surface area contributed by atoms with E-state index in [1.165, 1.54) is 6.07 Å². The fraction of sp³-hybridized carbons (Fsp3) is 0.267. The number of aromatic nitrogens is 2. The lowest BCUT2D eigenvalue weighted by molar-refractivity contribution is 0.0694. The van der Waals surface area contributed by atoms with Crippen molar-refractivity contribution >= 4 is 5.97 Å². The molecule has 0 radical (unpaired) electrons. The van der Waals surface area contributed by atoms with Crippen molar-refractivity contribution < 1.29 is 14.6 Å². The van der Waals surface area contributed by atoms with Gasteiger partial charge in [-0.05, 0) is 38.0 Å². The van der Waals surface area contributed by atoms with Gasteiger partial charge in [-0.2, -0.15) is 4.98 Å². The Morgan fingerprint density at radius 3 is 2.65 bits per heavy atom. The molecule has 5 heteroatoms. The molecule has 0 amide bonds. The van der Waals surface area contributed by atoms with Crippen LogP contribution in [0.25, 0.3) is 0 Å². The van der Waals surface area contributed by atoms with Gasteiger partial charge in [-0.3, -0.25) is 0 Å². The van der Waals surface area contributed by atoms with Crippen LogP contribution in [0.4, 0.5) is 0 Å². The third-order valence-electron chi connectivity index (χ3n) is 2.81. The number of ether oxygens (including phenoxy) is 1.